The molecular weight excluding hydrogens is 370 g/mol. The van der Waals surface area contributed by atoms with Crippen molar-refractivity contribution in [3.05, 3.63) is 35.9 Å². The normalized spacial score (nSPS) is 45.9. The molecule has 29 heavy (non-hydrogen) atoms. The second kappa shape index (κ2) is 7.05. The van der Waals surface area contributed by atoms with Crippen LogP contribution in [0.1, 0.15) is 56.8 Å². The Balaban J connectivity index is 1.38. The molecule has 5 fully saturated rings. The van der Waals surface area contributed by atoms with Gasteiger partial charge in [-0.3, -0.25) is 4.79 Å². The maximum Gasteiger partial charge on any atom is 0.251 e. The Bertz CT molecular complexity index is 772. The predicted molar refractivity (Wildman–Crippen MR) is 106 cm³/mol. The van der Waals surface area contributed by atoms with Gasteiger partial charge in [-0.2, -0.15) is 0 Å². The molecule has 0 radical (unpaired) electrons. The average molecular weight is 402 g/mol. The van der Waals surface area contributed by atoms with E-state index in [0.717, 1.165) is 19.3 Å². The highest BCUT2D eigenvalue weighted by molar-refractivity contribution is 5.94. The first-order valence-corrected chi connectivity index (χ1v) is 11.0. The molecule has 4 aliphatic heterocycles. The molecule has 158 valence electrons. The summed E-state index contributed by atoms with van der Waals surface area (Å²) in [6.07, 6.45) is 3.49. The third-order valence-corrected chi connectivity index (χ3v) is 7.79. The summed E-state index contributed by atoms with van der Waals surface area (Å²) in [5.74, 6) is 0.572. The van der Waals surface area contributed by atoms with Crippen molar-refractivity contribution in [2.45, 2.75) is 70.2 Å². The number of hydrogen-bond donors (Lipinski definition) is 1. The molecule has 1 spiro atoms. The number of benzene rings is 1. The van der Waals surface area contributed by atoms with E-state index in [1.54, 1.807) is 0 Å². The first-order chi connectivity index (χ1) is 13.9. The fourth-order valence-electron chi connectivity index (χ4n) is 6.10. The van der Waals surface area contributed by atoms with Crippen molar-refractivity contribution < 1.29 is 24.0 Å². The number of amides is 1. The van der Waals surface area contributed by atoms with Crippen LogP contribution >= 0.6 is 0 Å². The van der Waals surface area contributed by atoms with Crippen molar-refractivity contribution in [2.75, 3.05) is 6.54 Å². The number of ether oxygens (including phenoxy) is 2. The number of carbonyl (C=O) groups excluding carboxylic acids is 1. The van der Waals surface area contributed by atoms with E-state index >= 15 is 0 Å². The molecule has 6 nitrogen and oxygen atoms in total. The quantitative estimate of drug-likeness (QED) is 0.783. The van der Waals surface area contributed by atoms with Crippen molar-refractivity contribution in [3.8, 4) is 0 Å². The van der Waals surface area contributed by atoms with E-state index in [-0.39, 0.29) is 23.8 Å². The van der Waals surface area contributed by atoms with Crippen molar-refractivity contribution in [3.63, 3.8) is 0 Å². The van der Waals surface area contributed by atoms with Crippen LogP contribution in [0.2, 0.25) is 0 Å². The van der Waals surface area contributed by atoms with E-state index in [4.69, 9.17) is 19.2 Å². The van der Waals surface area contributed by atoms with Crippen LogP contribution < -0.4 is 5.32 Å². The monoisotopic (exact) mass is 401 g/mol. The summed E-state index contributed by atoms with van der Waals surface area (Å²) in [4.78, 5) is 24.5. The van der Waals surface area contributed by atoms with Gasteiger partial charge in [-0.15, -0.1) is 0 Å². The van der Waals surface area contributed by atoms with Gasteiger partial charge < -0.3 is 14.8 Å². The summed E-state index contributed by atoms with van der Waals surface area (Å²) < 4.78 is 12.9. The van der Waals surface area contributed by atoms with Crippen molar-refractivity contribution in [2.24, 2.45) is 23.7 Å². The highest BCUT2D eigenvalue weighted by Crippen LogP contribution is 2.60. The number of nitrogens with one attached hydrogen (secondary N) is 1. The summed E-state index contributed by atoms with van der Waals surface area (Å²) in [6.45, 7) is 6.92. The predicted octanol–water partition coefficient (Wildman–Crippen LogP) is 3.67. The smallest absolute Gasteiger partial charge is 0.251 e. The third-order valence-electron chi connectivity index (χ3n) is 7.79. The number of hydrogen-bond acceptors (Lipinski definition) is 5. The maximum absolute atomic E-state index is 12.5. The van der Waals surface area contributed by atoms with Gasteiger partial charge in [-0.05, 0) is 56.1 Å². The lowest BCUT2D eigenvalue weighted by molar-refractivity contribution is -0.570. The number of carbonyl (C=O) groups is 1. The van der Waals surface area contributed by atoms with Crippen LogP contribution in [0, 0.1) is 23.7 Å². The molecule has 1 N–H and O–H groups in total. The molecule has 0 aromatic heterocycles. The zero-order valence-electron chi connectivity index (χ0n) is 17.4. The Labute approximate surface area is 172 Å². The molecule has 4 heterocycles. The summed E-state index contributed by atoms with van der Waals surface area (Å²) in [7, 11) is 0. The van der Waals surface area contributed by atoms with Gasteiger partial charge >= 0.3 is 0 Å². The van der Waals surface area contributed by atoms with Gasteiger partial charge in [0.2, 0.25) is 5.79 Å². The first kappa shape index (κ1) is 19.5. The van der Waals surface area contributed by atoms with Crippen molar-refractivity contribution >= 4 is 5.91 Å². The highest BCUT2D eigenvalue weighted by Gasteiger charge is 2.69. The van der Waals surface area contributed by atoms with Crippen LogP contribution in [0.4, 0.5) is 0 Å². The zero-order valence-corrected chi connectivity index (χ0v) is 17.4. The van der Waals surface area contributed by atoms with Gasteiger partial charge in [-0.1, -0.05) is 32.0 Å². The Morgan fingerprint density at radius 2 is 1.90 bits per heavy atom. The molecule has 2 bridgehead atoms. The molecule has 1 saturated carbocycles. The topological polar surface area (TPSA) is 66.0 Å². The minimum Gasteiger partial charge on any atom is -0.349 e. The second-order valence-corrected chi connectivity index (χ2v) is 9.52. The van der Waals surface area contributed by atoms with Crippen molar-refractivity contribution in [1.82, 2.24) is 5.32 Å². The Morgan fingerprint density at radius 3 is 2.69 bits per heavy atom. The third kappa shape index (κ3) is 3.03. The van der Waals surface area contributed by atoms with E-state index < -0.39 is 17.7 Å². The average Bonchev–Trinajstić information content (AvgIpc) is 2.96. The summed E-state index contributed by atoms with van der Waals surface area (Å²) >= 11 is 0. The fourth-order valence-corrected chi connectivity index (χ4v) is 6.10. The van der Waals surface area contributed by atoms with Gasteiger partial charge in [0, 0.05) is 24.4 Å². The highest BCUT2D eigenvalue weighted by atomic mass is 17.3. The van der Waals surface area contributed by atoms with Crippen LogP contribution in [-0.4, -0.2) is 36.2 Å². The molecule has 1 aliphatic carbocycles. The lowest BCUT2D eigenvalue weighted by Crippen LogP contribution is -2.71. The fraction of sp³-hybridized carbons (Fsp3) is 0.696. The summed E-state index contributed by atoms with van der Waals surface area (Å²) in [5.41, 5.74) is 0.112. The Hall–Kier alpha value is -1.47. The molecule has 4 saturated heterocycles. The van der Waals surface area contributed by atoms with E-state index in [2.05, 4.69) is 19.2 Å². The van der Waals surface area contributed by atoms with Crippen molar-refractivity contribution in [1.29, 1.82) is 0 Å². The van der Waals surface area contributed by atoms with Gasteiger partial charge in [0.05, 0.1) is 6.10 Å². The summed E-state index contributed by atoms with van der Waals surface area (Å²) in [6, 6.07) is 9.29. The van der Waals surface area contributed by atoms with Crippen LogP contribution in [0.5, 0.6) is 0 Å². The lowest BCUT2D eigenvalue weighted by Gasteiger charge is -2.60. The molecule has 6 rings (SSSR count). The molecule has 1 aromatic rings. The molecule has 5 aliphatic rings. The maximum atomic E-state index is 12.5. The van der Waals surface area contributed by atoms with Crippen LogP contribution in [-0.2, 0) is 19.2 Å². The SMILES string of the molecule is C[C@H]1[C@@H](CNC(=O)c2ccccc2)O[C@@H]2O[C@@]3(C)CC[C@H]4[C@H](C)CC[C@@H]1[C@@]24OO3. The van der Waals surface area contributed by atoms with Crippen LogP contribution in [0.3, 0.4) is 0 Å². The van der Waals surface area contributed by atoms with E-state index in [1.165, 1.54) is 6.42 Å². The van der Waals surface area contributed by atoms with Gasteiger partial charge in [0.25, 0.3) is 5.91 Å². The second-order valence-electron chi connectivity index (χ2n) is 9.52. The zero-order chi connectivity index (χ0) is 20.2. The number of fused-ring (bicyclic) bond motifs is 2. The van der Waals surface area contributed by atoms with Gasteiger partial charge in [-0.25, -0.2) is 9.78 Å². The molecule has 6 heteroatoms. The Morgan fingerprint density at radius 1 is 1.10 bits per heavy atom. The minimum atomic E-state index is -0.768. The van der Waals surface area contributed by atoms with Gasteiger partial charge in [0.1, 0.15) is 0 Å². The molecule has 0 unspecified atom stereocenters. The summed E-state index contributed by atoms with van der Waals surface area (Å²) in [5, 5.41) is 3.05. The largest absolute Gasteiger partial charge is 0.349 e. The molecular formula is C23H31NO5. The van der Waals surface area contributed by atoms with E-state index in [0.29, 0.717) is 23.9 Å². The Kier molecular flexibility index (Phi) is 4.74. The molecule has 8 atom stereocenters. The lowest BCUT2D eigenvalue weighted by atomic mass is 9.57. The standard InChI is InChI=1S/C23H31NO5/c1-14-9-10-18-15(2)19(13-24-20(25)16-7-5-4-6-8-16)26-21-23(18)17(14)11-12-22(3,27-21)28-29-23/h4-8,14-15,17-19,21H,9-13H2,1-3H3,(H,24,25)/t14-,15-,17+,18+,19-,21-,22-,23-/m1/s1. The van der Waals surface area contributed by atoms with E-state index in [1.807, 2.05) is 37.3 Å². The van der Waals surface area contributed by atoms with E-state index in [9.17, 15) is 4.79 Å². The molecule has 1 amide bonds. The first-order valence-electron chi connectivity index (χ1n) is 11.0. The molecule has 1 aromatic carbocycles. The van der Waals surface area contributed by atoms with Gasteiger partial charge in [0.15, 0.2) is 11.9 Å². The van der Waals surface area contributed by atoms with Crippen LogP contribution in [0.25, 0.3) is 0 Å². The van der Waals surface area contributed by atoms with Crippen LogP contribution in [0.15, 0.2) is 30.3 Å². The minimum absolute atomic E-state index is 0.0771. The number of rotatable bonds is 3.